The fourth-order valence-electron chi connectivity index (χ4n) is 3.44. The Morgan fingerprint density at radius 1 is 1.17 bits per heavy atom. The van der Waals surface area contributed by atoms with Crippen LogP contribution in [0.4, 0.5) is 0 Å². The molecule has 0 amide bonds. The molecule has 0 fully saturated rings. The van der Waals surface area contributed by atoms with Crippen LogP contribution in [0.2, 0.25) is 0 Å². The van der Waals surface area contributed by atoms with Crippen LogP contribution in [-0.2, 0) is 6.54 Å². The molecule has 0 saturated carbocycles. The van der Waals surface area contributed by atoms with E-state index < -0.39 is 5.56 Å². The Hall–Kier alpha value is -2.98. The second-order valence-corrected chi connectivity index (χ2v) is 7.99. The quantitative estimate of drug-likeness (QED) is 0.558. The van der Waals surface area contributed by atoms with E-state index in [1.807, 2.05) is 55.7 Å². The summed E-state index contributed by atoms with van der Waals surface area (Å²) in [5, 5.41) is 13.5. The number of carbonyl (C=O) groups excluding carboxylic acids is 1. The van der Waals surface area contributed by atoms with Gasteiger partial charge in [-0.2, -0.15) is 10.4 Å². The molecule has 148 valence electrons. The Labute approximate surface area is 177 Å². The molecule has 0 aliphatic rings. The van der Waals surface area contributed by atoms with Gasteiger partial charge in [0, 0.05) is 27.1 Å². The first-order valence-corrected chi connectivity index (χ1v) is 9.92. The number of hydrogen-bond donors (Lipinski definition) is 0. The summed E-state index contributed by atoms with van der Waals surface area (Å²) in [7, 11) is 0. The van der Waals surface area contributed by atoms with Crippen molar-refractivity contribution in [3.8, 4) is 11.8 Å². The van der Waals surface area contributed by atoms with Gasteiger partial charge in [0.1, 0.15) is 18.2 Å². The Kier molecular flexibility index (Phi) is 5.58. The fourth-order valence-corrected chi connectivity index (χ4v) is 3.69. The minimum absolute atomic E-state index is 0.0288. The molecular formula is C22H21BrN4O2. The summed E-state index contributed by atoms with van der Waals surface area (Å²) in [6.07, 6.45) is 0. The SMILES string of the molecule is Cc1cc(-n2c(C)cc(C(=O)Cn3nc(C)c(C)c(C#N)c3=O)c2C)ccc1Br. The molecule has 0 aliphatic carbocycles. The lowest BCUT2D eigenvalue weighted by Crippen LogP contribution is -2.30. The highest BCUT2D eigenvalue weighted by Gasteiger charge is 2.20. The maximum atomic E-state index is 13.0. The van der Waals surface area contributed by atoms with Crippen LogP contribution in [0.1, 0.15) is 44.1 Å². The molecule has 0 radical (unpaired) electrons. The zero-order chi connectivity index (χ0) is 21.5. The largest absolute Gasteiger partial charge is 0.318 e. The van der Waals surface area contributed by atoms with Crippen molar-refractivity contribution < 1.29 is 4.79 Å². The molecule has 0 N–H and O–H groups in total. The maximum Gasteiger partial charge on any atom is 0.285 e. The van der Waals surface area contributed by atoms with Crippen molar-refractivity contribution >= 4 is 21.7 Å². The van der Waals surface area contributed by atoms with Crippen molar-refractivity contribution in [1.82, 2.24) is 14.3 Å². The normalized spacial score (nSPS) is 10.8. The lowest BCUT2D eigenvalue weighted by atomic mass is 10.1. The van der Waals surface area contributed by atoms with Crippen LogP contribution < -0.4 is 5.56 Å². The van der Waals surface area contributed by atoms with E-state index in [0.29, 0.717) is 16.8 Å². The van der Waals surface area contributed by atoms with Crippen LogP contribution in [-0.4, -0.2) is 20.1 Å². The number of aromatic nitrogens is 3. The number of nitrogens with zero attached hydrogens (tertiary/aromatic N) is 4. The number of Topliss-reactive ketones (excluding diaryl/α,β-unsaturated/α-hetero) is 1. The summed E-state index contributed by atoms with van der Waals surface area (Å²) >= 11 is 3.51. The number of halogens is 1. The predicted molar refractivity (Wildman–Crippen MR) is 115 cm³/mol. The average Bonchev–Trinajstić information content (AvgIpc) is 2.97. The molecule has 7 heteroatoms. The highest BCUT2D eigenvalue weighted by Crippen LogP contribution is 2.25. The zero-order valence-corrected chi connectivity index (χ0v) is 18.6. The second-order valence-electron chi connectivity index (χ2n) is 7.14. The van der Waals surface area contributed by atoms with Crippen LogP contribution >= 0.6 is 15.9 Å². The van der Waals surface area contributed by atoms with Gasteiger partial charge in [0.25, 0.3) is 5.56 Å². The topological polar surface area (TPSA) is 80.7 Å². The lowest BCUT2D eigenvalue weighted by molar-refractivity contribution is 0.0965. The smallest absolute Gasteiger partial charge is 0.285 e. The summed E-state index contributed by atoms with van der Waals surface area (Å²) in [5.74, 6) is -0.222. The van der Waals surface area contributed by atoms with Crippen molar-refractivity contribution in [3.05, 3.63) is 78.4 Å². The molecule has 0 spiro atoms. The van der Waals surface area contributed by atoms with Crippen molar-refractivity contribution in [2.75, 3.05) is 0 Å². The summed E-state index contributed by atoms with van der Waals surface area (Å²) in [4.78, 5) is 25.5. The van der Waals surface area contributed by atoms with Gasteiger partial charge in [0.15, 0.2) is 5.78 Å². The van der Waals surface area contributed by atoms with E-state index in [4.69, 9.17) is 0 Å². The zero-order valence-electron chi connectivity index (χ0n) is 17.0. The van der Waals surface area contributed by atoms with Crippen LogP contribution in [0.15, 0.2) is 33.5 Å². The van der Waals surface area contributed by atoms with Crippen molar-refractivity contribution in [2.24, 2.45) is 0 Å². The number of aryl methyl sites for hydroxylation is 3. The summed E-state index contributed by atoms with van der Waals surface area (Å²) in [6.45, 7) is 9.03. The van der Waals surface area contributed by atoms with Gasteiger partial charge < -0.3 is 4.57 Å². The molecule has 0 saturated heterocycles. The summed E-state index contributed by atoms with van der Waals surface area (Å²) < 4.78 is 4.12. The number of carbonyl (C=O) groups is 1. The molecule has 0 bridgehead atoms. The molecule has 0 atom stereocenters. The molecule has 2 heterocycles. The molecule has 29 heavy (non-hydrogen) atoms. The van der Waals surface area contributed by atoms with Gasteiger partial charge in [0.05, 0.1) is 5.69 Å². The monoisotopic (exact) mass is 452 g/mol. The van der Waals surface area contributed by atoms with E-state index in [1.54, 1.807) is 13.8 Å². The van der Waals surface area contributed by atoms with Gasteiger partial charge in [-0.05, 0) is 70.0 Å². The number of rotatable bonds is 4. The molecular weight excluding hydrogens is 432 g/mol. The molecule has 0 aliphatic heterocycles. The van der Waals surface area contributed by atoms with Gasteiger partial charge in [0.2, 0.25) is 0 Å². The van der Waals surface area contributed by atoms with Crippen LogP contribution in [0, 0.1) is 45.9 Å². The number of benzene rings is 1. The minimum Gasteiger partial charge on any atom is -0.318 e. The first kappa shape index (κ1) is 20.7. The Balaban J connectivity index is 2.02. The average molecular weight is 453 g/mol. The lowest BCUT2D eigenvalue weighted by Gasteiger charge is -2.12. The second kappa shape index (κ2) is 7.80. The van der Waals surface area contributed by atoms with Crippen LogP contribution in [0.25, 0.3) is 5.69 Å². The number of hydrogen-bond acceptors (Lipinski definition) is 4. The Morgan fingerprint density at radius 3 is 2.48 bits per heavy atom. The highest BCUT2D eigenvalue weighted by molar-refractivity contribution is 9.10. The van der Waals surface area contributed by atoms with Crippen molar-refractivity contribution in [3.63, 3.8) is 0 Å². The van der Waals surface area contributed by atoms with Crippen LogP contribution in [0.3, 0.4) is 0 Å². The summed E-state index contributed by atoms with van der Waals surface area (Å²) in [6, 6.07) is 9.76. The standard InChI is InChI=1S/C22H21BrN4O2/c1-12-8-17(6-7-20(12)23)27-13(2)9-18(16(27)5)21(28)11-26-22(29)19(10-24)14(3)15(4)25-26/h6-9H,11H2,1-5H3. The molecule has 6 nitrogen and oxygen atoms in total. The molecule has 1 aromatic carbocycles. The van der Waals surface area contributed by atoms with E-state index in [1.165, 1.54) is 0 Å². The number of ketones is 1. The van der Waals surface area contributed by atoms with E-state index in [-0.39, 0.29) is 17.9 Å². The van der Waals surface area contributed by atoms with E-state index in [0.717, 1.165) is 31.8 Å². The Morgan fingerprint density at radius 2 is 1.86 bits per heavy atom. The van der Waals surface area contributed by atoms with E-state index in [9.17, 15) is 14.9 Å². The van der Waals surface area contributed by atoms with Gasteiger partial charge in [-0.3, -0.25) is 9.59 Å². The van der Waals surface area contributed by atoms with Crippen molar-refractivity contribution in [2.45, 2.75) is 41.2 Å². The Bertz CT molecular complexity index is 1250. The predicted octanol–water partition coefficient (Wildman–Crippen LogP) is 4.09. The minimum atomic E-state index is -0.540. The maximum absolute atomic E-state index is 13.0. The third kappa shape index (κ3) is 3.68. The molecule has 2 aromatic heterocycles. The van der Waals surface area contributed by atoms with E-state index >= 15 is 0 Å². The van der Waals surface area contributed by atoms with E-state index in [2.05, 4.69) is 21.0 Å². The molecule has 3 rings (SSSR count). The van der Waals surface area contributed by atoms with Gasteiger partial charge in [-0.15, -0.1) is 0 Å². The van der Waals surface area contributed by atoms with Crippen LogP contribution in [0.5, 0.6) is 0 Å². The first-order valence-electron chi connectivity index (χ1n) is 9.12. The highest BCUT2D eigenvalue weighted by atomic mass is 79.9. The molecule has 3 aromatic rings. The third-order valence-corrected chi connectivity index (χ3v) is 6.06. The van der Waals surface area contributed by atoms with Gasteiger partial charge >= 0.3 is 0 Å². The first-order chi connectivity index (χ1) is 13.6. The summed E-state index contributed by atoms with van der Waals surface area (Å²) in [5.41, 5.74) is 4.91. The fraction of sp³-hybridized carbons (Fsp3) is 0.273. The molecule has 0 unspecified atom stereocenters. The van der Waals surface area contributed by atoms with Gasteiger partial charge in [-0.1, -0.05) is 15.9 Å². The van der Waals surface area contributed by atoms with Gasteiger partial charge in [-0.25, -0.2) is 4.68 Å². The number of nitriles is 1. The van der Waals surface area contributed by atoms with Crippen molar-refractivity contribution in [1.29, 1.82) is 5.26 Å². The third-order valence-electron chi connectivity index (χ3n) is 5.17.